The monoisotopic (exact) mass is 479 g/mol. The van der Waals surface area contributed by atoms with Crippen molar-refractivity contribution in [1.82, 2.24) is 9.78 Å². The molecule has 0 aliphatic carbocycles. The second kappa shape index (κ2) is 10.0. The molecule has 1 heterocycles. The molecule has 0 aliphatic heterocycles. The lowest BCUT2D eigenvalue weighted by Crippen LogP contribution is -2.32. The maximum atomic E-state index is 14.0. The Bertz CT molecular complexity index is 1260. The molecule has 3 aromatic rings. The number of hydrogen-bond donors (Lipinski definition) is 2. The van der Waals surface area contributed by atoms with Crippen LogP contribution in [0, 0.1) is 11.6 Å². The van der Waals surface area contributed by atoms with Gasteiger partial charge >= 0.3 is 0 Å². The van der Waals surface area contributed by atoms with Crippen LogP contribution in [0.15, 0.2) is 53.5 Å². The Kier molecular flexibility index (Phi) is 7.35. The third-order valence-electron chi connectivity index (χ3n) is 4.45. The number of amides is 1. The zero-order valence-corrected chi connectivity index (χ0v) is 18.2. The van der Waals surface area contributed by atoms with E-state index in [9.17, 15) is 32.3 Å². The minimum atomic E-state index is -2.77. The zero-order chi connectivity index (χ0) is 25.0. The lowest BCUT2D eigenvalue weighted by Gasteiger charge is -2.20. The number of nitrogens with one attached hydrogen (secondary N) is 1. The summed E-state index contributed by atoms with van der Waals surface area (Å²) in [4.78, 5) is 26.1. The lowest BCUT2D eigenvalue weighted by molar-refractivity contribution is 0.0570. The molecule has 2 aromatic carbocycles. The molecule has 0 radical (unpaired) electrons. The van der Waals surface area contributed by atoms with Crippen molar-refractivity contribution in [2.24, 2.45) is 0 Å². The molecule has 11 heteroatoms. The first kappa shape index (κ1) is 24.9. The van der Waals surface area contributed by atoms with E-state index in [0.717, 1.165) is 23.0 Å². The Hall–Kier alpha value is -3.73. The van der Waals surface area contributed by atoms with Crippen molar-refractivity contribution in [2.75, 3.05) is 11.9 Å². The molecule has 0 bridgehead atoms. The van der Waals surface area contributed by atoms with Gasteiger partial charge in [0, 0.05) is 17.8 Å². The first-order valence-electron chi connectivity index (χ1n) is 10.1. The predicted molar refractivity (Wildman–Crippen MR) is 116 cm³/mol. The first-order chi connectivity index (χ1) is 15.9. The summed E-state index contributed by atoms with van der Waals surface area (Å²) >= 11 is 0. The molecule has 1 amide bonds. The number of para-hydroxylation sites is 1. The molecule has 7 nitrogen and oxygen atoms in total. The van der Waals surface area contributed by atoms with E-state index in [0.29, 0.717) is 6.07 Å². The third kappa shape index (κ3) is 6.19. The van der Waals surface area contributed by atoms with Crippen LogP contribution in [0.25, 0.3) is 11.3 Å². The van der Waals surface area contributed by atoms with Gasteiger partial charge in [-0.15, -0.1) is 0 Å². The highest BCUT2D eigenvalue weighted by Crippen LogP contribution is 2.27. The van der Waals surface area contributed by atoms with E-state index in [-0.39, 0.29) is 29.2 Å². The van der Waals surface area contributed by atoms with Gasteiger partial charge in [-0.3, -0.25) is 14.3 Å². The van der Waals surface area contributed by atoms with Gasteiger partial charge in [-0.2, -0.15) is 5.10 Å². The summed E-state index contributed by atoms with van der Waals surface area (Å²) in [5.74, 6) is -2.99. The Morgan fingerprint density at radius 3 is 2.56 bits per heavy atom. The van der Waals surface area contributed by atoms with Crippen LogP contribution in [0.5, 0.6) is 5.75 Å². The summed E-state index contributed by atoms with van der Waals surface area (Å²) < 4.78 is 58.8. The molecule has 0 aliphatic rings. The van der Waals surface area contributed by atoms with Crippen LogP contribution in [0.2, 0.25) is 0 Å². The number of carbonyl (C=O) groups is 1. The van der Waals surface area contributed by atoms with E-state index in [2.05, 4.69) is 10.4 Å². The number of hydrogen-bond acceptors (Lipinski definition) is 5. The molecule has 0 fully saturated rings. The number of alkyl halides is 2. The average molecular weight is 479 g/mol. The number of rotatable bonds is 8. The van der Waals surface area contributed by atoms with Gasteiger partial charge in [0.1, 0.15) is 35.2 Å². The van der Waals surface area contributed by atoms with Crippen molar-refractivity contribution >= 4 is 11.6 Å². The fraction of sp³-hybridized carbons (Fsp3) is 0.261. The van der Waals surface area contributed by atoms with E-state index in [1.165, 1.54) is 38.1 Å². The topological polar surface area (TPSA) is 93.5 Å². The number of anilines is 1. The highest BCUT2D eigenvalue weighted by atomic mass is 19.3. The van der Waals surface area contributed by atoms with Crippen LogP contribution in [0.4, 0.5) is 23.2 Å². The van der Waals surface area contributed by atoms with Gasteiger partial charge in [0.15, 0.2) is 0 Å². The summed E-state index contributed by atoms with van der Waals surface area (Å²) in [6, 6.07) is 8.28. The molecule has 180 valence electrons. The normalized spacial score (nSPS) is 11.5. The standard InChI is InChI=1S/C23H21F4N3O4/c1-23(2,33)12-30-10-15(22(32)28-17-8-7-13(24)9-16(17)25)21(31)20(29-30)14-5-3-4-6-18(14)34-11-19(26)27/h3-10,19,33H,11-12H2,1-2H3,(H,28,32). The summed E-state index contributed by atoms with van der Waals surface area (Å²) in [6.45, 7) is 1.87. The van der Waals surface area contributed by atoms with Crippen molar-refractivity contribution in [3.05, 3.63) is 76.1 Å². The second-order valence-corrected chi connectivity index (χ2v) is 8.01. The quantitative estimate of drug-likeness (QED) is 0.479. The number of carbonyl (C=O) groups excluding carboxylic acids is 1. The molecule has 3 rings (SSSR count). The van der Waals surface area contributed by atoms with Crippen LogP contribution in [-0.2, 0) is 6.54 Å². The number of aliphatic hydroxyl groups is 1. The van der Waals surface area contributed by atoms with E-state index in [1.54, 1.807) is 0 Å². The van der Waals surface area contributed by atoms with Gasteiger partial charge in [0.05, 0.1) is 17.8 Å². The SMILES string of the molecule is CC(C)(O)Cn1cc(C(=O)Nc2ccc(F)cc2F)c(=O)c(-c2ccccc2OCC(F)F)n1. The van der Waals surface area contributed by atoms with Gasteiger partial charge < -0.3 is 15.2 Å². The van der Waals surface area contributed by atoms with E-state index in [4.69, 9.17) is 4.74 Å². The van der Waals surface area contributed by atoms with Gasteiger partial charge in [0.25, 0.3) is 12.3 Å². The van der Waals surface area contributed by atoms with E-state index < -0.39 is 47.2 Å². The van der Waals surface area contributed by atoms with Crippen LogP contribution >= 0.6 is 0 Å². The second-order valence-electron chi connectivity index (χ2n) is 8.01. The number of aromatic nitrogens is 2. The highest BCUT2D eigenvalue weighted by molar-refractivity contribution is 6.04. The zero-order valence-electron chi connectivity index (χ0n) is 18.2. The summed E-state index contributed by atoms with van der Waals surface area (Å²) in [5.41, 5.74) is -3.29. The van der Waals surface area contributed by atoms with Gasteiger partial charge in [-0.25, -0.2) is 17.6 Å². The summed E-state index contributed by atoms with van der Waals surface area (Å²) in [5, 5.41) is 16.6. The number of ether oxygens (including phenoxy) is 1. The molecule has 0 saturated carbocycles. The number of benzene rings is 2. The average Bonchev–Trinajstić information content (AvgIpc) is 2.74. The molecule has 0 spiro atoms. The molecule has 2 N–H and O–H groups in total. The molecule has 1 aromatic heterocycles. The summed E-state index contributed by atoms with van der Waals surface area (Å²) in [6.07, 6.45) is -1.70. The summed E-state index contributed by atoms with van der Waals surface area (Å²) in [7, 11) is 0. The minimum Gasteiger partial charge on any atom is -0.487 e. The number of halogens is 4. The Morgan fingerprint density at radius 2 is 1.91 bits per heavy atom. The number of nitrogens with zero attached hydrogens (tertiary/aromatic N) is 2. The van der Waals surface area contributed by atoms with Crippen LogP contribution in [0.1, 0.15) is 24.2 Å². The van der Waals surface area contributed by atoms with Gasteiger partial charge in [-0.1, -0.05) is 12.1 Å². The molecule has 0 atom stereocenters. The minimum absolute atomic E-state index is 0.0419. The third-order valence-corrected chi connectivity index (χ3v) is 4.45. The molecule has 34 heavy (non-hydrogen) atoms. The van der Waals surface area contributed by atoms with Crippen molar-refractivity contribution in [3.63, 3.8) is 0 Å². The van der Waals surface area contributed by atoms with Crippen molar-refractivity contribution in [1.29, 1.82) is 0 Å². The molecular weight excluding hydrogens is 458 g/mol. The predicted octanol–water partition coefficient (Wildman–Crippen LogP) is 3.86. The lowest BCUT2D eigenvalue weighted by atomic mass is 10.1. The van der Waals surface area contributed by atoms with Gasteiger partial charge in [0.2, 0.25) is 5.43 Å². The molecular formula is C23H21F4N3O4. The maximum absolute atomic E-state index is 14.0. The Balaban J connectivity index is 2.11. The Labute approximate surface area is 191 Å². The smallest absolute Gasteiger partial charge is 0.272 e. The van der Waals surface area contributed by atoms with E-state index >= 15 is 0 Å². The van der Waals surface area contributed by atoms with E-state index in [1.807, 2.05) is 0 Å². The molecule has 0 unspecified atom stereocenters. The van der Waals surface area contributed by atoms with Crippen molar-refractivity contribution in [2.45, 2.75) is 32.4 Å². The van der Waals surface area contributed by atoms with Crippen LogP contribution in [-0.4, -0.2) is 39.4 Å². The van der Waals surface area contributed by atoms with Gasteiger partial charge in [-0.05, 0) is 38.1 Å². The fourth-order valence-corrected chi connectivity index (χ4v) is 3.07. The maximum Gasteiger partial charge on any atom is 0.272 e. The van der Waals surface area contributed by atoms with Crippen LogP contribution in [0.3, 0.4) is 0 Å². The largest absolute Gasteiger partial charge is 0.487 e. The van der Waals surface area contributed by atoms with Crippen molar-refractivity contribution in [3.8, 4) is 17.0 Å². The van der Waals surface area contributed by atoms with Crippen LogP contribution < -0.4 is 15.5 Å². The molecule has 0 saturated heterocycles. The Morgan fingerprint density at radius 1 is 1.21 bits per heavy atom. The fourth-order valence-electron chi connectivity index (χ4n) is 3.07. The first-order valence-corrected chi connectivity index (χ1v) is 10.1. The van der Waals surface area contributed by atoms with Crippen molar-refractivity contribution < 1.29 is 32.2 Å². The highest BCUT2D eigenvalue weighted by Gasteiger charge is 2.23.